The number of carboxylic acid groups (broad SMARTS) is 1. The quantitative estimate of drug-likeness (QED) is 0.838. The van der Waals surface area contributed by atoms with Crippen LogP contribution in [0.15, 0.2) is 30.5 Å². The van der Waals surface area contributed by atoms with Crippen molar-refractivity contribution in [3.05, 3.63) is 53.1 Å². The predicted octanol–water partition coefficient (Wildman–Crippen LogP) is 3.24. The first kappa shape index (κ1) is 19.6. The molecule has 1 aromatic carbocycles. The van der Waals surface area contributed by atoms with Crippen LogP contribution in [0.2, 0.25) is 0 Å². The topological polar surface area (TPSA) is 75.4 Å². The number of hydrogen-bond acceptors (Lipinski definition) is 3. The lowest BCUT2D eigenvalue weighted by atomic mass is 9.80. The number of rotatable bonds is 5. The molecule has 6 nitrogen and oxygen atoms in total. The van der Waals surface area contributed by atoms with Gasteiger partial charge in [0.1, 0.15) is 5.82 Å². The zero-order valence-electron chi connectivity index (χ0n) is 16.4. The molecule has 0 spiro atoms. The van der Waals surface area contributed by atoms with Crippen molar-refractivity contribution in [2.75, 3.05) is 6.54 Å². The van der Waals surface area contributed by atoms with E-state index in [1.165, 1.54) is 12.1 Å². The van der Waals surface area contributed by atoms with Crippen molar-refractivity contribution < 1.29 is 19.1 Å². The van der Waals surface area contributed by atoms with Crippen molar-refractivity contribution in [1.82, 2.24) is 14.7 Å². The number of carbonyl (C=O) groups is 2. The van der Waals surface area contributed by atoms with Gasteiger partial charge in [0.15, 0.2) is 0 Å². The van der Waals surface area contributed by atoms with Crippen molar-refractivity contribution in [2.45, 2.75) is 51.6 Å². The molecule has 2 aromatic rings. The summed E-state index contributed by atoms with van der Waals surface area (Å²) in [4.78, 5) is 25.9. The van der Waals surface area contributed by atoms with Gasteiger partial charge >= 0.3 is 5.97 Å². The van der Waals surface area contributed by atoms with Crippen LogP contribution in [0.1, 0.15) is 48.9 Å². The molecule has 1 aliphatic heterocycles. The Labute approximate surface area is 169 Å². The highest BCUT2D eigenvalue weighted by atomic mass is 19.1. The Hall–Kier alpha value is -2.70. The number of aromatic nitrogens is 2. The molecule has 1 aromatic heterocycles. The van der Waals surface area contributed by atoms with Crippen LogP contribution in [-0.2, 0) is 29.1 Å². The van der Waals surface area contributed by atoms with E-state index in [2.05, 4.69) is 5.10 Å². The molecule has 0 unspecified atom stereocenters. The number of fused-ring (bicyclic) bond motifs is 1. The van der Waals surface area contributed by atoms with E-state index >= 15 is 0 Å². The summed E-state index contributed by atoms with van der Waals surface area (Å²) in [5.41, 5.74) is 3.18. The maximum Gasteiger partial charge on any atom is 0.306 e. The number of nitrogens with zero attached hydrogens (tertiary/aromatic N) is 3. The Morgan fingerprint density at radius 1 is 1.14 bits per heavy atom. The summed E-state index contributed by atoms with van der Waals surface area (Å²) >= 11 is 0. The van der Waals surface area contributed by atoms with E-state index in [9.17, 15) is 14.0 Å². The second-order valence-electron chi connectivity index (χ2n) is 8.23. The number of halogens is 1. The molecule has 2 heterocycles. The smallest absolute Gasteiger partial charge is 0.306 e. The second-order valence-corrected chi connectivity index (χ2v) is 8.23. The molecule has 2 aliphatic rings. The lowest BCUT2D eigenvalue weighted by molar-refractivity contribution is -0.143. The van der Waals surface area contributed by atoms with E-state index in [0.29, 0.717) is 38.9 Å². The molecule has 1 amide bonds. The zero-order chi connectivity index (χ0) is 20.4. The molecule has 154 valence electrons. The predicted molar refractivity (Wildman–Crippen MR) is 105 cm³/mol. The molecular formula is C22H26FN3O3. The zero-order valence-corrected chi connectivity index (χ0v) is 16.4. The van der Waals surface area contributed by atoms with Gasteiger partial charge in [-0.3, -0.25) is 14.3 Å². The summed E-state index contributed by atoms with van der Waals surface area (Å²) in [7, 11) is 0. The molecular weight excluding hydrogens is 373 g/mol. The first-order valence-corrected chi connectivity index (χ1v) is 10.3. The van der Waals surface area contributed by atoms with Gasteiger partial charge in [-0.15, -0.1) is 0 Å². The number of carbonyl (C=O) groups excluding carboxylic acids is 1. The number of aliphatic carboxylic acids is 1. The highest BCUT2D eigenvalue weighted by Crippen LogP contribution is 2.32. The number of benzene rings is 1. The Morgan fingerprint density at radius 3 is 2.55 bits per heavy atom. The van der Waals surface area contributed by atoms with Crippen molar-refractivity contribution in [3.8, 4) is 0 Å². The molecule has 1 saturated carbocycles. The number of carboxylic acids is 1. The third kappa shape index (κ3) is 4.49. The Balaban J connectivity index is 1.37. The van der Waals surface area contributed by atoms with Gasteiger partial charge in [-0.25, -0.2) is 4.39 Å². The summed E-state index contributed by atoms with van der Waals surface area (Å²) in [6.07, 6.45) is 6.11. The molecule has 1 aliphatic carbocycles. The minimum Gasteiger partial charge on any atom is -0.481 e. The van der Waals surface area contributed by atoms with Crippen LogP contribution in [0.5, 0.6) is 0 Å². The van der Waals surface area contributed by atoms with Gasteiger partial charge in [0, 0.05) is 13.0 Å². The van der Waals surface area contributed by atoms with E-state index in [1.54, 1.807) is 12.1 Å². The molecule has 1 N–H and O–H groups in total. The van der Waals surface area contributed by atoms with E-state index < -0.39 is 5.97 Å². The van der Waals surface area contributed by atoms with Crippen molar-refractivity contribution >= 4 is 11.9 Å². The molecule has 4 rings (SSSR count). The fraction of sp³-hybridized carbons (Fsp3) is 0.500. The second kappa shape index (κ2) is 8.35. The van der Waals surface area contributed by atoms with E-state index in [1.807, 2.05) is 15.8 Å². The minimum atomic E-state index is -0.715. The Kier molecular flexibility index (Phi) is 5.65. The summed E-state index contributed by atoms with van der Waals surface area (Å²) in [6, 6.07) is 6.39. The third-order valence-corrected chi connectivity index (χ3v) is 6.28. The van der Waals surface area contributed by atoms with Crippen molar-refractivity contribution in [1.29, 1.82) is 0 Å². The summed E-state index contributed by atoms with van der Waals surface area (Å²) in [5, 5.41) is 13.6. The summed E-state index contributed by atoms with van der Waals surface area (Å²) < 4.78 is 15.0. The summed E-state index contributed by atoms with van der Waals surface area (Å²) in [6.45, 7) is 1.79. The largest absolute Gasteiger partial charge is 0.481 e. The van der Waals surface area contributed by atoms with Gasteiger partial charge < -0.3 is 10.0 Å². The van der Waals surface area contributed by atoms with Crippen molar-refractivity contribution in [2.24, 2.45) is 11.8 Å². The van der Waals surface area contributed by atoms with Crippen LogP contribution in [0, 0.1) is 17.7 Å². The average molecular weight is 399 g/mol. The fourth-order valence-corrected chi connectivity index (χ4v) is 4.46. The Morgan fingerprint density at radius 2 is 1.86 bits per heavy atom. The van der Waals surface area contributed by atoms with E-state index in [0.717, 1.165) is 36.1 Å². The highest BCUT2D eigenvalue weighted by Gasteiger charge is 2.30. The van der Waals surface area contributed by atoms with Gasteiger partial charge in [0.25, 0.3) is 0 Å². The molecule has 29 heavy (non-hydrogen) atoms. The van der Waals surface area contributed by atoms with Gasteiger partial charge in [0.2, 0.25) is 5.91 Å². The van der Waals surface area contributed by atoms with Gasteiger partial charge in [-0.2, -0.15) is 5.10 Å². The van der Waals surface area contributed by atoms with Gasteiger partial charge in [-0.1, -0.05) is 12.1 Å². The lowest BCUT2D eigenvalue weighted by Gasteiger charge is -2.31. The minimum absolute atomic E-state index is 0.143. The number of amides is 1. The summed E-state index contributed by atoms with van der Waals surface area (Å²) in [5.74, 6) is -0.801. The van der Waals surface area contributed by atoms with Crippen LogP contribution in [-0.4, -0.2) is 38.2 Å². The van der Waals surface area contributed by atoms with E-state index in [-0.39, 0.29) is 23.6 Å². The lowest BCUT2D eigenvalue weighted by Crippen LogP contribution is -2.38. The fourth-order valence-electron chi connectivity index (χ4n) is 4.46. The standard InChI is InChI=1S/C22H26FN3O3/c23-19-7-3-16(4-8-19)13-26-20-14-25(10-9-18(20)12-24-26)21(27)11-15-1-5-17(6-2-15)22(28)29/h3-4,7-8,12,15,17H,1-2,5-6,9-11,13-14H2,(H,28,29). The van der Waals surface area contributed by atoms with Crippen LogP contribution < -0.4 is 0 Å². The van der Waals surface area contributed by atoms with Gasteiger partial charge in [-0.05, 0) is 61.3 Å². The average Bonchev–Trinajstić information content (AvgIpc) is 3.12. The SMILES string of the molecule is O=C(O)C1CCC(CC(=O)N2CCc3cnn(Cc4ccc(F)cc4)c3C2)CC1. The highest BCUT2D eigenvalue weighted by molar-refractivity contribution is 5.77. The van der Waals surface area contributed by atoms with Crippen LogP contribution >= 0.6 is 0 Å². The molecule has 0 radical (unpaired) electrons. The number of hydrogen-bond donors (Lipinski definition) is 1. The molecule has 0 bridgehead atoms. The Bertz CT molecular complexity index is 885. The van der Waals surface area contributed by atoms with Crippen molar-refractivity contribution in [3.63, 3.8) is 0 Å². The van der Waals surface area contributed by atoms with Crippen LogP contribution in [0.25, 0.3) is 0 Å². The van der Waals surface area contributed by atoms with E-state index in [4.69, 9.17) is 5.11 Å². The maximum absolute atomic E-state index is 13.1. The van der Waals surface area contributed by atoms with Crippen LogP contribution in [0.3, 0.4) is 0 Å². The molecule has 0 saturated heterocycles. The first-order chi connectivity index (χ1) is 14.0. The normalized spacial score (nSPS) is 21.6. The van der Waals surface area contributed by atoms with Gasteiger partial charge in [0.05, 0.1) is 30.9 Å². The van der Waals surface area contributed by atoms with Crippen LogP contribution in [0.4, 0.5) is 4.39 Å². The molecule has 0 atom stereocenters. The molecule has 7 heteroatoms. The maximum atomic E-state index is 13.1. The monoisotopic (exact) mass is 399 g/mol. The molecule has 1 fully saturated rings. The first-order valence-electron chi connectivity index (χ1n) is 10.3. The third-order valence-electron chi connectivity index (χ3n) is 6.28.